The molecule has 0 saturated heterocycles. The lowest BCUT2D eigenvalue weighted by atomic mass is 10.0. The first-order valence-electron chi connectivity index (χ1n) is 7.14. The molecule has 1 aromatic carbocycles. The van der Waals surface area contributed by atoms with Crippen molar-refractivity contribution in [2.45, 2.75) is 39.2 Å². The van der Waals surface area contributed by atoms with Crippen LogP contribution in [0, 0.1) is 0 Å². The molecular formula is C16H23N3. The number of aryl methyl sites for hydroxylation is 1. The summed E-state index contributed by atoms with van der Waals surface area (Å²) in [6, 6.07) is 9.37. The first-order valence-corrected chi connectivity index (χ1v) is 7.14. The van der Waals surface area contributed by atoms with Crippen LogP contribution < -0.4 is 5.32 Å². The molecule has 3 nitrogen and oxygen atoms in total. The molecule has 0 aliphatic rings. The van der Waals surface area contributed by atoms with Gasteiger partial charge in [0.2, 0.25) is 0 Å². The van der Waals surface area contributed by atoms with E-state index in [-0.39, 0.29) is 0 Å². The Morgan fingerprint density at radius 1 is 1.21 bits per heavy atom. The summed E-state index contributed by atoms with van der Waals surface area (Å²) in [5.41, 5.74) is 2.77. The molecule has 1 atom stereocenters. The quantitative estimate of drug-likeness (QED) is 0.799. The molecule has 0 aliphatic heterocycles. The summed E-state index contributed by atoms with van der Waals surface area (Å²) < 4.78 is 0. The van der Waals surface area contributed by atoms with Crippen LogP contribution in [0.3, 0.4) is 0 Å². The first kappa shape index (κ1) is 13.8. The van der Waals surface area contributed by atoms with Crippen LogP contribution in [0.25, 0.3) is 0 Å². The fourth-order valence-corrected chi connectivity index (χ4v) is 2.28. The first-order chi connectivity index (χ1) is 9.33. The van der Waals surface area contributed by atoms with Gasteiger partial charge in [0, 0.05) is 31.4 Å². The lowest BCUT2D eigenvalue weighted by molar-refractivity contribution is 0.519. The Kier molecular flexibility index (Phi) is 5.16. The highest BCUT2D eigenvalue weighted by Crippen LogP contribution is 2.17. The second kappa shape index (κ2) is 7.10. The van der Waals surface area contributed by atoms with E-state index in [0.717, 1.165) is 31.6 Å². The predicted octanol–water partition coefficient (Wildman–Crippen LogP) is 3.26. The molecule has 0 saturated carbocycles. The van der Waals surface area contributed by atoms with Crippen LogP contribution in [-0.4, -0.2) is 16.5 Å². The van der Waals surface area contributed by atoms with E-state index < -0.39 is 0 Å². The van der Waals surface area contributed by atoms with Crippen LogP contribution in [-0.2, 0) is 12.8 Å². The Labute approximate surface area is 115 Å². The number of aromatic nitrogens is 2. The minimum absolute atomic E-state index is 0.431. The highest BCUT2D eigenvalue weighted by molar-refractivity contribution is 5.25. The second-order valence-electron chi connectivity index (χ2n) is 4.80. The Hall–Kier alpha value is -1.61. The minimum Gasteiger partial charge on any atom is -0.349 e. The maximum atomic E-state index is 4.24. The summed E-state index contributed by atoms with van der Waals surface area (Å²) in [5.74, 6) is 1.05. The molecule has 2 rings (SSSR count). The van der Waals surface area contributed by atoms with Crippen molar-refractivity contribution in [3.8, 4) is 0 Å². The number of benzene rings is 1. The highest BCUT2D eigenvalue weighted by atomic mass is 14.9. The van der Waals surface area contributed by atoms with Crippen LogP contribution in [0.2, 0.25) is 0 Å². The predicted molar refractivity (Wildman–Crippen MR) is 79.1 cm³/mol. The fraction of sp³-hybridized carbons (Fsp3) is 0.438. The third kappa shape index (κ3) is 3.93. The molecule has 2 N–H and O–H groups in total. The van der Waals surface area contributed by atoms with Crippen molar-refractivity contribution >= 4 is 0 Å². The zero-order valence-corrected chi connectivity index (χ0v) is 11.8. The Morgan fingerprint density at radius 2 is 2.00 bits per heavy atom. The average Bonchev–Trinajstić information content (AvgIpc) is 2.97. The largest absolute Gasteiger partial charge is 0.349 e. The molecule has 0 aliphatic carbocycles. The fourth-order valence-electron chi connectivity index (χ4n) is 2.28. The van der Waals surface area contributed by atoms with E-state index in [1.165, 1.54) is 11.1 Å². The van der Waals surface area contributed by atoms with Gasteiger partial charge < -0.3 is 10.3 Å². The molecule has 0 radical (unpaired) electrons. The van der Waals surface area contributed by atoms with Crippen molar-refractivity contribution in [1.29, 1.82) is 0 Å². The van der Waals surface area contributed by atoms with E-state index in [9.17, 15) is 0 Å². The number of hydrogen-bond acceptors (Lipinski definition) is 2. The molecule has 0 amide bonds. The zero-order chi connectivity index (χ0) is 13.5. The van der Waals surface area contributed by atoms with Crippen LogP contribution in [0.4, 0.5) is 0 Å². The SMILES string of the molecule is CCc1ccc(C(CC)NCCc2ncc[nH]2)cc1. The van der Waals surface area contributed by atoms with Crippen LogP contribution in [0.15, 0.2) is 36.7 Å². The summed E-state index contributed by atoms with van der Waals surface area (Å²) in [6.45, 7) is 5.35. The molecule has 1 aromatic heterocycles. The lowest BCUT2D eigenvalue weighted by Crippen LogP contribution is -2.23. The van der Waals surface area contributed by atoms with Gasteiger partial charge in [-0.15, -0.1) is 0 Å². The number of nitrogens with zero attached hydrogens (tertiary/aromatic N) is 1. The smallest absolute Gasteiger partial charge is 0.107 e. The van der Waals surface area contributed by atoms with E-state index in [0.29, 0.717) is 6.04 Å². The maximum absolute atomic E-state index is 4.24. The molecular weight excluding hydrogens is 234 g/mol. The standard InChI is InChI=1S/C16H23N3/c1-3-13-5-7-14(8-6-13)15(4-2)17-10-9-16-18-11-12-19-16/h5-8,11-12,15,17H,3-4,9-10H2,1-2H3,(H,18,19). The van der Waals surface area contributed by atoms with Gasteiger partial charge in [0.25, 0.3) is 0 Å². The Morgan fingerprint density at radius 3 is 2.58 bits per heavy atom. The number of hydrogen-bond donors (Lipinski definition) is 2. The Balaban J connectivity index is 1.88. The number of rotatable bonds is 7. The van der Waals surface area contributed by atoms with E-state index >= 15 is 0 Å². The molecule has 0 spiro atoms. The van der Waals surface area contributed by atoms with Gasteiger partial charge in [-0.2, -0.15) is 0 Å². The number of H-pyrrole nitrogens is 1. The van der Waals surface area contributed by atoms with Crippen molar-refractivity contribution in [2.75, 3.05) is 6.54 Å². The van der Waals surface area contributed by atoms with Gasteiger partial charge in [0.1, 0.15) is 5.82 Å². The van der Waals surface area contributed by atoms with Crippen LogP contribution in [0.5, 0.6) is 0 Å². The van der Waals surface area contributed by atoms with Gasteiger partial charge in [-0.05, 0) is 24.0 Å². The molecule has 19 heavy (non-hydrogen) atoms. The molecule has 2 aromatic rings. The molecule has 102 valence electrons. The minimum atomic E-state index is 0.431. The average molecular weight is 257 g/mol. The monoisotopic (exact) mass is 257 g/mol. The summed E-state index contributed by atoms with van der Waals surface area (Å²) >= 11 is 0. The highest BCUT2D eigenvalue weighted by Gasteiger charge is 2.08. The van der Waals surface area contributed by atoms with Crippen molar-refractivity contribution in [3.63, 3.8) is 0 Å². The zero-order valence-electron chi connectivity index (χ0n) is 11.8. The number of aromatic amines is 1. The maximum Gasteiger partial charge on any atom is 0.107 e. The molecule has 1 heterocycles. The van der Waals surface area contributed by atoms with Gasteiger partial charge >= 0.3 is 0 Å². The van der Waals surface area contributed by atoms with Gasteiger partial charge in [-0.1, -0.05) is 38.1 Å². The van der Waals surface area contributed by atoms with Crippen LogP contribution >= 0.6 is 0 Å². The van der Waals surface area contributed by atoms with Gasteiger partial charge in [0.05, 0.1) is 0 Å². The molecule has 0 fully saturated rings. The normalized spacial score (nSPS) is 12.5. The summed E-state index contributed by atoms with van der Waals surface area (Å²) in [5, 5.41) is 3.60. The van der Waals surface area contributed by atoms with Crippen LogP contribution in [0.1, 0.15) is 43.3 Å². The number of imidazole rings is 1. The summed E-state index contributed by atoms with van der Waals surface area (Å²) in [7, 11) is 0. The summed E-state index contributed by atoms with van der Waals surface area (Å²) in [4.78, 5) is 7.37. The van der Waals surface area contributed by atoms with Crippen molar-refractivity contribution < 1.29 is 0 Å². The van der Waals surface area contributed by atoms with Gasteiger partial charge in [-0.3, -0.25) is 0 Å². The van der Waals surface area contributed by atoms with E-state index in [2.05, 4.69) is 53.4 Å². The molecule has 0 bridgehead atoms. The number of nitrogens with one attached hydrogen (secondary N) is 2. The lowest BCUT2D eigenvalue weighted by Gasteiger charge is -2.17. The van der Waals surface area contributed by atoms with Gasteiger partial charge in [-0.25, -0.2) is 4.98 Å². The van der Waals surface area contributed by atoms with E-state index in [4.69, 9.17) is 0 Å². The second-order valence-corrected chi connectivity index (χ2v) is 4.80. The topological polar surface area (TPSA) is 40.7 Å². The van der Waals surface area contributed by atoms with Crippen molar-refractivity contribution in [3.05, 3.63) is 53.6 Å². The van der Waals surface area contributed by atoms with Gasteiger partial charge in [0.15, 0.2) is 0 Å². The molecule has 3 heteroatoms. The summed E-state index contributed by atoms with van der Waals surface area (Å²) in [6.07, 6.45) is 6.81. The van der Waals surface area contributed by atoms with Crippen molar-refractivity contribution in [2.24, 2.45) is 0 Å². The van der Waals surface area contributed by atoms with E-state index in [1.807, 2.05) is 6.20 Å². The third-order valence-electron chi connectivity index (χ3n) is 3.51. The molecule has 1 unspecified atom stereocenters. The Bertz CT molecular complexity index is 459. The van der Waals surface area contributed by atoms with E-state index in [1.54, 1.807) is 6.20 Å². The van der Waals surface area contributed by atoms with Crippen molar-refractivity contribution in [1.82, 2.24) is 15.3 Å². The third-order valence-corrected chi connectivity index (χ3v) is 3.51.